The number of nitrogens with one attached hydrogen (secondary N) is 2. The van der Waals surface area contributed by atoms with Gasteiger partial charge in [-0.1, -0.05) is 35.2 Å². The predicted molar refractivity (Wildman–Crippen MR) is 93.2 cm³/mol. The van der Waals surface area contributed by atoms with Gasteiger partial charge in [-0.2, -0.15) is 0 Å². The number of halogens is 1. The Balaban J connectivity index is 1.87. The number of rotatable bonds is 5. The van der Waals surface area contributed by atoms with Crippen molar-refractivity contribution >= 4 is 34.2 Å². The van der Waals surface area contributed by atoms with Crippen LogP contribution in [0, 0.1) is 0 Å². The highest BCUT2D eigenvalue weighted by molar-refractivity contribution is 9.10. The van der Waals surface area contributed by atoms with E-state index in [1.807, 2.05) is 0 Å². The van der Waals surface area contributed by atoms with Crippen LogP contribution >= 0.6 is 15.9 Å². The van der Waals surface area contributed by atoms with Crippen LogP contribution in [0.4, 0.5) is 4.79 Å². The molecule has 1 fully saturated rings. The van der Waals surface area contributed by atoms with Crippen molar-refractivity contribution in [3.63, 3.8) is 0 Å². The monoisotopic (exact) mass is 396 g/mol. The molecule has 1 saturated carbocycles. The quantitative estimate of drug-likeness (QED) is 0.748. The van der Waals surface area contributed by atoms with Gasteiger partial charge >= 0.3 is 6.03 Å². The van der Waals surface area contributed by atoms with Crippen LogP contribution in [0.3, 0.4) is 0 Å². The van der Waals surface area contributed by atoms with Gasteiger partial charge in [0, 0.05) is 10.5 Å². The summed E-state index contributed by atoms with van der Waals surface area (Å²) in [4.78, 5) is 35.0. The van der Waals surface area contributed by atoms with E-state index in [0.717, 1.165) is 30.2 Å². The summed E-state index contributed by atoms with van der Waals surface area (Å²) in [5.41, 5.74) is 0.329. The van der Waals surface area contributed by atoms with Gasteiger partial charge in [0.2, 0.25) is 0 Å². The molecule has 1 atom stereocenters. The van der Waals surface area contributed by atoms with Crippen molar-refractivity contribution in [1.82, 2.24) is 10.6 Å². The molecule has 0 heterocycles. The lowest BCUT2D eigenvalue weighted by Gasteiger charge is -2.23. The summed E-state index contributed by atoms with van der Waals surface area (Å²) >= 11 is 3.27. The molecular weight excluding hydrogens is 376 g/mol. The minimum atomic E-state index is -0.901. The third-order valence-corrected chi connectivity index (χ3v) is 4.44. The fourth-order valence-electron chi connectivity index (χ4n) is 2.64. The zero-order valence-corrected chi connectivity index (χ0v) is 15.1. The standard InChI is InChI=1S/C17H21BrN2O4/c1-11(24-15-8-7-13(18)9-12(15)10-21)16(22)20-17(23)19-14-5-3-2-4-6-14/h7-11,14H,2-6H2,1H3,(H2,19,20,22,23)/t11-/m1/s1. The van der Waals surface area contributed by atoms with E-state index >= 15 is 0 Å². The molecule has 1 aromatic rings. The molecule has 0 aromatic heterocycles. The Bertz CT molecular complexity index is 615. The first kappa shape index (κ1) is 18.4. The Morgan fingerprint density at radius 2 is 2.00 bits per heavy atom. The summed E-state index contributed by atoms with van der Waals surface area (Å²) in [6.07, 6.45) is 5.01. The molecule has 0 saturated heterocycles. The predicted octanol–water partition coefficient (Wildman–Crippen LogP) is 3.19. The average Bonchev–Trinajstić information content (AvgIpc) is 2.57. The van der Waals surface area contributed by atoms with Crippen LogP contribution in [0.5, 0.6) is 5.75 Å². The van der Waals surface area contributed by atoms with Crippen LogP contribution in [0.15, 0.2) is 22.7 Å². The first-order valence-corrected chi connectivity index (χ1v) is 8.81. The van der Waals surface area contributed by atoms with Crippen LogP contribution < -0.4 is 15.4 Å². The van der Waals surface area contributed by atoms with Crippen LogP contribution in [-0.4, -0.2) is 30.4 Å². The number of urea groups is 1. The Morgan fingerprint density at radius 1 is 1.29 bits per heavy atom. The molecule has 0 aliphatic heterocycles. The molecule has 7 heteroatoms. The maximum absolute atomic E-state index is 12.1. The fourth-order valence-corrected chi connectivity index (χ4v) is 3.02. The van der Waals surface area contributed by atoms with Crippen molar-refractivity contribution < 1.29 is 19.1 Å². The van der Waals surface area contributed by atoms with Crippen LogP contribution in [0.1, 0.15) is 49.4 Å². The molecule has 1 aliphatic carbocycles. The van der Waals surface area contributed by atoms with Gasteiger partial charge in [0.05, 0.1) is 5.56 Å². The zero-order valence-electron chi connectivity index (χ0n) is 13.5. The second-order valence-corrected chi connectivity index (χ2v) is 6.77. The third kappa shape index (κ3) is 5.33. The molecule has 2 N–H and O–H groups in total. The Kier molecular flexibility index (Phi) is 6.78. The average molecular weight is 397 g/mol. The third-order valence-electron chi connectivity index (χ3n) is 3.95. The summed E-state index contributed by atoms with van der Waals surface area (Å²) < 4.78 is 6.24. The zero-order chi connectivity index (χ0) is 17.5. The van der Waals surface area contributed by atoms with Gasteiger partial charge < -0.3 is 10.1 Å². The smallest absolute Gasteiger partial charge is 0.321 e. The van der Waals surface area contributed by atoms with Crippen molar-refractivity contribution in [3.05, 3.63) is 28.2 Å². The molecule has 0 bridgehead atoms. The topological polar surface area (TPSA) is 84.5 Å². The SMILES string of the molecule is C[C@@H](Oc1ccc(Br)cc1C=O)C(=O)NC(=O)NC1CCCCC1. The lowest BCUT2D eigenvalue weighted by Crippen LogP contribution is -2.48. The van der Waals surface area contributed by atoms with Gasteiger partial charge in [-0.3, -0.25) is 14.9 Å². The minimum Gasteiger partial charge on any atom is -0.480 e. The summed E-state index contributed by atoms with van der Waals surface area (Å²) in [6, 6.07) is 4.52. The highest BCUT2D eigenvalue weighted by Gasteiger charge is 2.21. The lowest BCUT2D eigenvalue weighted by molar-refractivity contribution is -0.126. The summed E-state index contributed by atoms with van der Waals surface area (Å²) in [5, 5.41) is 5.09. The number of aldehydes is 1. The van der Waals surface area contributed by atoms with E-state index in [9.17, 15) is 14.4 Å². The van der Waals surface area contributed by atoms with E-state index in [0.29, 0.717) is 17.6 Å². The van der Waals surface area contributed by atoms with E-state index in [4.69, 9.17) is 4.74 Å². The number of carbonyl (C=O) groups is 3. The van der Waals surface area contributed by atoms with Gasteiger partial charge in [-0.25, -0.2) is 4.79 Å². The van der Waals surface area contributed by atoms with Gasteiger partial charge in [0.25, 0.3) is 5.91 Å². The molecular formula is C17H21BrN2O4. The number of hydrogen-bond acceptors (Lipinski definition) is 4. The Labute approximate surface area is 149 Å². The largest absolute Gasteiger partial charge is 0.480 e. The summed E-state index contributed by atoms with van der Waals surface area (Å²) in [5.74, 6) is -0.258. The molecule has 0 spiro atoms. The first-order valence-electron chi connectivity index (χ1n) is 8.02. The fraction of sp³-hybridized carbons (Fsp3) is 0.471. The molecule has 0 radical (unpaired) electrons. The van der Waals surface area contributed by atoms with Crippen LogP contribution in [0.25, 0.3) is 0 Å². The number of amides is 3. The number of imide groups is 1. The van der Waals surface area contributed by atoms with Gasteiger partial charge in [-0.15, -0.1) is 0 Å². The van der Waals surface area contributed by atoms with Crippen molar-refractivity contribution in [2.75, 3.05) is 0 Å². The van der Waals surface area contributed by atoms with Crippen LogP contribution in [0.2, 0.25) is 0 Å². The maximum atomic E-state index is 12.1. The summed E-state index contributed by atoms with van der Waals surface area (Å²) in [6.45, 7) is 1.53. The highest BCUT2D eigenvalue weighted by Crippen LogP contribution is 2.22. The van der Waals surface area contributed by atoms with E-state index in [-0.39, 0.29) is 6.04 Å². The number of benzene rings is 1. The van der Waals surface area contributed by atoms with Gasteiger partial charge in [0.15, 0.2) is 12.4 Å². The summed E-state index contributed by atoms with van der Waals surface area (Å²) in [7, 11) is 0. The number of ether oxygens (including phenoxy) is 1. The Hall–Kier alpha value is -1.89. The molecule has 1 aliphatic rings. The van der Waals surface area contributed by atoms with E-state index in [2.05, 4.69) is 26.6 Å². The second-order valence-electron chi connectivity index (χ2n) is 5.86. The number of carbonyl (C=O) groups excluding carboxylic acids is 3. The first-order chi connectivity index (χ1) is 11.5. The van der Waals surface area contributed by atoms with E-state index in [1.54, 1.807) is 18.2 Å². The maximum Gasteiger partial charge on any atom is 0.321 e. The van der Waals surface area contributed by atoms with Crippen molar-refractivity contribution in [1.29, 1.82) is 0 Å². The van der Waals surface area contributed by atoms with E-state index < -0.39 is 18.0 Å². The lowest BCUT2D eigenvalue weighted by atomic mass is 9.96. The molecule has 130 valence electrons. The molecule has 1 aromatic carbocycles. The normalized spacial score (nSPS) is 16.1. The molecule has 24 heavy (non-hydrogen) atoms. The number of hydrogen-bond donors (Lipinski definition) is 2. The Morgan fingerprint density at radius 3 is 2.67 bits per heavy atom. The van der Waals surface area contributed by atoms with Crippen molar-refractivity contribution in [2.45, 2.75) is 51.2 Å². The second kappa shape index (κ2) is 8.82. The highest BCUT2D eigenvalue weighted by atomic mass is 79.9. The van der Waals surface area contributed by atoms with Crippen molar-refractivity contribution in [2.24, 2.45) is 0 Å². The molecule has 0 unspecified atom stereocenters. The molecule has 2 rings (SSSR count). The van der Waals surface area contributed by atoms with Crippen LogP contribution in [-0.2, 0) is 4.79 Å². The van der Waals surface area contributed by atoms with Crippen molar-refractivity contribution in [3.8, 4) is 5.75 Å². The van der Waals surface area contributed by atoms with Gasteiger partial charge in [-0.05, 0) is 38.0 Å². The molecule has 6 nitrogen and oxygen atoms in total. The van der Waals surface area contributed by atoms with Gasteiger partial charge in [0.1, 0.15) is 5.75 Å². The molecule has 3 amide bonds. The van der Waals surface area contributed by atoms with E-state index in [1.165, 1.54) is 13.3 Å². The minimum absolute atomic E-state index is 0.121.